The molecule has 3 heterocycles. The van der Waals surface area contributed by atoms with Crippen LogP contribution in [-0.4, -0.2) is 59.8 Å². The molecule has 8 nitrogen and oxygen atoms in total. The molecule has 19 heavy (non-hydrogen) atoms. The number of rotatable bonds is 2. The van der Waals surface area contributed by atoms with Crippen molar-refractivity contribution in [3.8, 4) is 0 Å². The van der Waals surface area contributed by atoms with E-state index in [1.165, 1.54) is 17.2 Å². The topological polar surface area (TPSA) is 114 Å². The van der Waals surface area contributed by atoms with Crippen LogP contribution in [0.4, 0.5) is 0 Å². The van der Waals surface area contributed by atoms with Crippen LogP contribution in [-0.2, 0) is 4.74 Å². The summed E-state index contributed by atoms with van der Waals surface area (Å²) in [4.78, 5) is 12.3. The minimum atomic E-state index is -1.15. The zero-order valence-electron chi connectivity index (χ0n) is 10.2. The average molecular weight is 266 g/mol. The van der Waals surface area contributed by atoms with Gasteiger partial charge in [-0.1, -0.05) is 0 Å². The van der Waals surface area contributed by atoms with Gasteiger partial charge in [0, 0.05) is 0 Å². The molecule has 0 amide bonds. The van der Waals surface area contributed by atoms with Gasteiger partial charge < -0.3 is 20.1 Å². The first-order chi connectivity index (χ1) is 9.13. The summed E-state index contributed by atoms with van der Waals surface area (Å²) in [7, 11) is 0. The number of hydrogen-bond donors (Lipinski definition) is 3. The van der Waals surface area contributed by atoms with Gasteiger partial charge in [-0.25, -0.2) is 15.0 Å². The summed E-state index contributed by atoms with van der Waals surface area (Å²) in [6.07, 6.45) is -1.06. The Morgan fingerprint density at radius 3 is 2.74 bits per heavy atom. The van der Waals surface area contributed by atoms with Gasteiger partial charge in [0.1, 0.15) is 30.2 Å². The highest BCUT2D eigenvalue weighted by Gasteiger charge is 2.43. The van der Waals surface area contributed by atoms with E-state index >= 15 is 0 Å². The predicted octanol–water partition coefficient (Wildman–Crippen LogP) is -1.25. The van der Waals surface area contributed by atoms with Crippen LogP contribution in [0.15, 0.2) is 12.7 Å². The molecular formula is C11H14N4O4. The van der Waals surface area contributed by atoms with Gasteiger partial charge in [-0.15, -0.1) is 0 Å². The van der Waals surface area contributed by atoms with Crippen LogP contribution < -0.4 is 0 Å². The Hall–Kier alpha value is -1.61. The predicted molar refractivity (Wildman–Crippen MR) is 63.1 cm³/mol. The van der Waals surface area contributed by atoms with Gasteiger partial charge in [-0.05, 0) is 6.92 Å². The van der Waals surface area contributed by atoms with E-state index in [4.69, 9.17) is 9.84 Å². The van der Waals surface area contributed by atoms with E-state index in [1.54, 1.807) is 6.92 Å². The van der Waals surface area contributed by atoms with Crippen LogP contribution in [0, 0.1) is 6.92 Å². The highest BCUT2D eigenvalue weighted by Crippen LogP contribution is 2.31. The SMILES string of the molecule is Cc1ncnc2c1ncn2[C@@H]1OC(CO)[C@@H](O)[C@H]1O. The van der Waals surface area contributed by atoms with Gasteiger partial charge in [0.05, 0.1) is 18.6 Å². The molecule has 1 aliphatic rings. The van der Waals surface area contributed by atoms with Crippen molar-refractivity contribution in [2.45, 2.75) is 31.5 Å². The molecule has 8 heteroatoms. The monoisotopic (exact) mass is 266 g/mol. The summed E-state index contributed by atoms with van der Waals surface area (Å²) in [6.45, 7) is 1.44. The van der Waals surface area contributed by atoms with E-state index in [1.807, 2.05) is 0 Å². The van der Waals surface area contributed by atoms with E-state index in [0.29, 0.717) is 11.2 Å². The van der Waals surface area contributed by atoms with Crippen molar-refractivity contribution in [3.05, 3.63) is 18.3 Å². The molecule has 0 spiro atoms. The van der Waals surface area contributed by atoms with Crippen molar-refractivity contribution in [2.24, 2.45) is 0 Å². The summed E-state index contributed by atoms with van der Waals surface area (Å²) in [5, 5.41) is 28.8. The number of nitrogens with zero attached hydrogens (tertiary/aromatic N) is 4. The Kier molecular flexibility index (Phi) is 2.94. The Labute approximate surface area is 108 Å². The van der Waals surface area contributed by atoms with Crippen LogP contribution in [0.25, 0.3) is 11.2 Å². The molecule has 1 fully saturated rings. The fourth-order valence-corrected chi connectivity index (χ4v) is 2.27. The summed E-state index contributed by atoms with van der Waals surface area (Å²) in [6, 6.07) is 0. The maximum Gasteiger partial charge on any atom is 0.165 e. The van der Waals surface area contributed by atoms with E-state index in [2.05, 4.69) is 15.0 Å². The second-order valence-electron chi connectivity index (χ2n) is 4.51. The quantitative estimate of drug-likeness (QED) is 0.622. The number of aryl methyl sites for hydroxylation is 1. The third-order valence-corrected chi connectivity index (χ3v) is 3.33. The first-order valence-corrected chi connectivity index (χ1v) is 5.90. The van der Waals surface area contributed by atoms with Crippen molar-refractivity contribution in [1.29, 1.82) is 0 Å². The van der Waals surface area contributed by atoms with E-state index in [-0.39, 0.29) is 6.61 Å². The van der Waals surface area contributed by atoms with Gasteiger partial charge in [0.2, 0.25) is 0 Å². The lowest BCUT2D eigenvalue weighted by Crippen LogP contribution is -2.33. The number of imidazole rings is 1. The lowest BCUT2D eigenvalue weighted by molar-refractivity contribution is -0.0511. The second-order valence-corrected chi connectivity index (χ2v) is 4.51. The highest BCUT2D eigenvalue weighted by molar-refractivity contribution is 5.72. The first kappa shape index (κ1) is 12.4. The Balaban J connectivity index is 2.04. The number of aliphatic hydroxyl groups excluding tert-OH is 3. The fourth-order valence-electron chi connectivity index (χ4n) is 2.27. The lowest BCUT2D eigenvalue weighted by atomic mass is 10.1. The number of aromatic nitrogens is 4. The van der Waals surface area contributed by atoms with Crippen molar-refractivity contribution < 1.29 is 20.1 Å². The molecular weight excluding hydrogens is 252 g/mol. The average Bonchev–Trinajstić information content (AvgIpc) is 2.94. The van der Waals surface area contributed by atoms with Crippen molar-refractivity contribution in [2.75, 3.05) is 6.61 Å². The molecule has 102 valence electrons. The maximum atomic E-state index is 9.98. The number of fused-ring (bicyclic) bond motifs is 1. The van der Waals surface area contributed by atoms with Crippen molar-refractivity contribution >= 4 is 11.2 Å². The molecule has 0 saturated carbocycles. The third-order valence-electron chi connectivity index (χ3n) is 3.33. The molecule has 4 atom stereocenters. The number of aliphatic hydroxyl groups is 3. The number of ether oxygens (including phenoxy) is 1. The fraction of sp³-hybridized carbons (Fsp3) is 0.545. The van der Waals surface area contributed by atoms with Gasteiger partial charge in [0.15, 0.2) is 11.9 Å². The molecule has 1 saturated heterocycles. The van der Waals surface area contributed by atoms with Crippen LogP contribution >= 0.6 is 0 Å². The molecule has 1 aliphatic heterocycles. The molecule has 0 radical (unpaired) electrons. The molecule has 2 aromatic rings. The summed E-state index contributed by atoms with van der Waals surface area (Å²) in [5.41, 5.74) is 1.85. The Bertz CT molecular complexity index is 601. The molecule has 1 unspecified atom stereocenters. The maximum absolute atomic E-state index is 9.98. The minimum Gasteiger partial charge on any atom is -0.394 e. The van der Waals surface area contributed by atoms with E-state index in [0.717, 1.165) is 5.69 Å². The van der Waals surface area contributed by atoms with Gasteiger partial charge >= 0.3 is 0 Å². The zero-order chi connectivity index (χ0) is 13.6. The van der Waals surface area contributed by atoms with Crippen LogP contribution in [0.3, 0.4) is 0 Å². The standard InChI is InChI=1S/C11H14N4O4/c1-5-7-10(13-3-12-5)15(4-14-7)11-9(18)8(17)6(2-16)19-11/h3-4,6,8-9,11,16-18H,2H2,1H3/t6?,8-,9-,11-/m1/s1. The zero-order valence-corrected chi connectivity index (χ0v) is 10.2. The van der Waals surface area contributed by atoms with E-state index < -0.39 is 24.5 Å². The van der Waals surface area contributed by atoms with Gasteiger partial charge in [-0.3, -0.25) is 4.57 Å². The van der Waals surface area contributed by atoms with Crippen LogP contribution in [0.1, 0.15) is 11.9 Å². The summed E-state index contributed by atoms with van der Waals surface area (Å²) < 4.78 is 6.98. The third kappa shape index (κ3) is 1.80. The molecule has 0 aromatic carbocycles. The first-order valence-electron chi connectivity index (χ1n) is 5.90. The number of hydrogen-bond acceptors (Lipinski definition) is 7. The van der Waals surface area contributed by atoms with Crippen LogP contribution in [0.5, 0.6) is 0 Å². The second kappa shape index (κ2) is 4.49. The molecule has 0 aliphatic carbocycles. The minimum absolute atomic E-state index is 0.366. The van der Waals surface area contributed by atoms with Crippen molar-refractivity contribution in [1.82, 2.24) is 19.5 Å². The highest BCUT2D eigenvalue weighted by atomic mass is 16.6. The van der Waals surface area contributed by atoms with E-state index in [9.17, 15) is 10.2 Å². The summed E-state index contributed by atoms with van der Waals surface area (Å²) in [5.74, 6) is 0. The normalized spacial score (nSPS) is 31.2. The van der Waals surface area contributed by atoms with Crippen molar-refractivity contribution in [3.63, 3.8) is 0 Å². The van der Waals surface area contributed by atoms with Gasteiger partial charge in [-0.2, -0.15) is 0 Å². The molecule has 3 rings (SSSR count). The lowest BCUT2D eigenvalue weighted by Gasteiger charge is -2.16. The smallest absolute Gasteiger partial charge is 0.165 e. The Morgan fingerprint density at radius 2 is 2.05 bits per heavy atom. The molecule has 0 bridgehead atoms. The molecule has 3 N–H and O–H groups in total. The molecule has 2 aromatic heterocycles. The largest absolute Gasteiger partial charge is 0.394 e. The van der Waals surface area contributed by atoms with Crippen LogP contribution in [0.2, 0.25) is 0 Å². The van der Waals surface area contributed by atoms with Gasteiger partial charge in [0.25, 0.3) is 0 Å². The Morgan fingerprint density at radius 1 is 1.26 bits per heavy atom. The summed E-state index contributed by atoms with van der Waals surface area (Å²) >= 11 is 0.